The molecule has 1 aromatic heterocycles. The Bertz CT molecular complexity index is 876. The molecule has 0 saturated heterocycles. The number of halogens is 1. The SMILES string of the molecule is C=CCOc1ccc2oc(C(=O)c3ccc(F)cc3)c(C)c2c1. The van der Waals surface area contributed by atoms with E-state index in [0.29, 0.717) is 23.5 Å². The number of ketones is 1. The lowest BCUT2D eigenvalue weighted by atomic mass is 10.0. The summed E-state index contributed by atoms with van der Waals surface area (Å²) in [5.41, 5.74) is 1.73. The van der Waals surface area contributed by atoms with Crippen LogP contribution < -0.4 is 4.74 Å². The lowest BCUT2D eigenvalue weighted by Gasteiger charge is -2.02. The number of ether oxygens (including phenoxy) is 1. The fourth-order valence-electron chi connectivity index (χ4n) is 2.39. The Morgan fingerprint density at radius 1 is 1.26 bits per heavy atom. The Balaban J connectivity index is 2.01. The molecule has 0 amide bonds. The molecule has 0 fully saturated rings. The van der Waals surface area contributed by atoms with Crippen LogP contribution in [0.1, 0.15) is 21.7 Å². The summed E-state index contributed by atoms with van der Waals surface area (Å²) in [6, 6.07) is 10.8. The third kappa shape index (κ3) is 2.88. The Kier molecular flexibility index (Phi) is 3.98. The molecule has 0 atom stereocenters. The minimum atomic E-state index is -0.383. The van der Waals surface area contributed by atoms with E-state index in [9.17, 15) is 9.18 Å². The fourth-order valence-corrected chi connectivity index (χ4v) is 2.39. The van der Waals surface area contributed by atoms with Gasteiger partial charge in [0, 0.05) is 16.5 Å². The average Bonchev–Trinajstić information content (AvgIpc) is 2.89. The number of carbonyl (C=O) groups is 1. The normalized spacial score (nSPS) is 10.7. The van der Waals surface area contributed by atoms with E-state index >= 15 is 0 Å². The predicted molar refractivity (Wildman–Crippen MR) is 86.5 cm³/mol. The maximum atomic E-state index is 13.0. The van der Waals surface area contributed by atoms with E-state index in [-0.39, 0.29) is 17.4 Å². The Morgan fingerprint density at radius 2 is 2.00 bits per heavy atom. The Hall–Kier alpha value is -2.88. The van der Waals surface area contributed by atoms with Crippen molar-refractivity contribution < 1.29 is 18.3 Å². The van der Waals surface area contributed by atoms with Crippen molar-refractivity contribution in [1.29, 1.82) is 0 Å². The van der Waals surface area contributed by atoms with Crippen LogP contribution in [0.25, 0.3) is 11.0 Å². The van der Waals surface area contributed by atoms with Gasteiger partial charge in [-0.3, -0.25) is 4.79 Å². The van der Waals surface area contributed by atoms with Gasteiger partial charge >= 0.3 is 0 Å². The standard InChI is InChI=1S/C19H15FO3/c1-3-10-22-15-8-9-17-16(11-15)12(2)19(23-17)18(21)13-4-6-14(20)7-5-13/h3-9,11H,1,10H2,2H3. The van der Waals surface area contributed by atoms with E-state index in [1.807, 2.05) is 13.0 Å². The van der Waals surface area contributed by atoms with E-state index < -0.39 is 0 Å². The second-order valence-electron chi connectivity index (χ2n) is 5.15. The Morgan fingerprint density at radius 3 is 2.70 bits per heavy atom. The van der Waals surface area contributed by atoms with Crippen LogP contribution >= 0.6 is 0 Å². The lowest BCUT2D eigenvalue weighted by molar-refractivity contribution is 0.101. The van der Waals surface area contributed by atoms with Crippen molar-refractivity contribution in [3.05, 3.63) is 77.8 Å². The van der Waals surface area contributed by atoms with E-state index in [2.05, 4.69) is 6.58 Å². The molecule has 0 N–H and O–H groups in total. The molecule has 3 nitrogen and oxygen atoms in total. The zero-order valence-corrected chi connectivity index (χ0v) is 12.6. The summed E-state index contributed by atoms with van der Waals surface area (Å²) < 4.78 is 24.2. The molecule has 23 heavy (non-hydrogen) atoms. The summed E-state index contributed by atoms with van der Waals surface area (Å²) in [6.45, 7) is 5.83. The first kappa shape index (κ1) is 15.0. The molecule has 0 radical (unpaired) electrons. The zero-order chi connectivity index (χ0) is 16.4. The van der Waals surface area contributed by atoms with Gasteiger partial charge in [-0.05, 0) is 49.4 Å². The number of hydrogen-bond donors (Lipinski definition) is 0. The molecule has 2 aromatic carbocycles. The quantitative estimate of drug-likeness (QED) is 0.507. The smallest absolute Gasteiger partial charge is 0.228 e. The molecular formula is C19H15FO3. The zero-order valence-electron chi connectivity index (χ0n) is 12.6. The summed E-state index contributed by atoms with van der Waals surface area (Å²) >= 11 is 0. The molecule has 0 unspecified atom stereocenters. The molecule has 0 bridgehead atoms. The largest absolute Gasteiger partial charge is 0.490 e. The third-order valence-electron chi connectivity index (χ3n) is 3.59. The number of fused-ring (bicyclic) bond motifs is 1. The van der Waals surface area contributed by atoms with E-state index in [1.54, 1.807) is 18.2 Å². The van der Waals surface area contributed by atoms with Gasteiger partial charge in [0.15, 0.2) is 5.76 Å². The van der Waals surface area contributed by atoms with Crippen LogP contribution in [-0.4, -0.2) is 12.4 Å². The number of carbonyl (C=O) groups excluding carboxylic acids is 1. The highest BCUT2D eigenvalue weighted by atomic mass is 19.1. The third-order valence-corrected chi connectivity index (χ3v) is 3.59. The van der Waals surface area contributed by atoms with Gasteiger partial charge in [-0.25, -0.2) is 4.39 Å². The van der Waals surface area contributed by atoms with Crippen molar-refractivity contribution in [2.24, 2.45) is 0 Å². The molecule has 0 aliphatic rings. The van der Waals surface area contributed by atoms with Crippen molar-refractivity contribution in [2.45, 2.75) is 6.92 Å². The van der Waals surface area contributed by atoms with Crippen molar-refractivity contribution >= 4 is 16.8 Å². The van der Waals surface area contributed by atoms with Gasteiger partial charge in [0.1, 0.15) is 23.8 Å². The van der Waals surface area contributed by atoms with Gasteiger partial charge in [0.25, 0.3) is 0 Å². The molecule has 116 valence electrons. The van der Waals surface area contributed by atoms with Gasteiger partial charge in [-0.15, -0.1) is 0 Å². The van der Waals surface area contributed by atoms with Crippen LogP contribution in [0.2, 0.25) is 0 Å². The highest BCUT2D eigenvalue weighted by molar-refractivity contribution is 6.10. The van der Waals surface area contributed by atoms with E-state index in [0.717, 1.165) is 10.9 Å². The second-order valence-corrected chi connectivity index (χ2v) is 5.15. The van der Waals surface area contributed by atoms with Crippen molar-refractivity contribution in [2.75, 3.05) is 6.61 Å². The molecule has 0 aliphatic carbocycles. The number of rotatable bonds is 5. The number of aryl methyl sites for hydroxylation is 1. The van der Waals surface area contributed by atoms with Gasteiger partial charge in [-0.2, -0.15) is 0 Å². The first-order valence-electron chi connectivity index (χ1n) is 7.17. The van der Waals surface area contributed by atoms with Crippen molar-refractivity contribution in [1.82, 2.24) is 0 Å². The van der Waals surface area contributed by atoms with Crippen LogP contribution in [0, 0.1) is 12.7 Å². The van der Waals surface area contributed by atoms with Crippen LogP contribution in [0.3, 0.4) is 0 Å². The van der Waals surface area contributed by atoms with Crippen molar-refractivity contribution in [3.63, 3.8) is 0 Å². The molecule has 1 heterocycles. The van der Waals surface area contributed by atoms with Crippen LogP contribution in [-0.2, 0) is 0 Å². The monoisotopic (exact) mass is 310 g/mol. The number of benzene rings is 2. The van der Waals surface area contributed by atoms with Crippen LogP contribution in [0.4, 0.5) is 4.39 Å². The molecule has 0 aliphatic heterocycles. The van der Waals surface area contributed by atoms with Crippen LogP contribution in [0.5, 0.6) is 5.75 Å². The summed E-state index contributed by atoms with van der Waals surface area (Å²) in [5, 5.41) is 0.817. The first-order valence-corrected chi connectivity index (χ1v) is 7.17. The molecule has 3 aromatic rings. The van der Waals surface area contributed by atoms with Gasteiger partial charge in [-0.1, -0.05) is 12.7 Å². The topological polar surface area (TPSA) is 39.4 Å². The van der Waals surface area contributed by atoms with Gasteiger partial charge in [0.2, 0.25) is 5.78 Å². The highest BCUT2D eigenvalue weighted by Gasteiger charge is 2.19. The predicted octanol–water partition coefficient (Wildman–Crippen LogP) is 4.68. The summed E-state index contributed by atoms with van der Waals surface area (Å²) in [4.78, 5) is 12.5. The number of furan rings is 1. The second kappa shape index (κ2) is 6.08. The first-order chi connectivity index (χ1) is 11.1. The molecular weight excluding hydrogens is 295 g/mol. The minimum absolute atomic E-state index is 0.257. The minimum Gasteiger partial charge on any atom is -0.490 e. The van der Waals surface area contributed by atoms with Gasteiger partial charge < -0.3 is 9.15 Å². The Labute approximate surface area is 133 Å². The van der Waals surface area contributed by atoms with Crippen molar-refractivity contribution in [3.8, 4) is 5.75 Å². The summed E-state index contributed by atoms with van der Waals surface area (Å²) in [7, 11) is 0. The van der Waals surface area contributed by atoms with E-state index in [4.69, 9.17) is 9.15 Å². The summed E-state index contributed by atoms with van der Waals surface area (Å²) in [5.74, 6) is 0.286. The maximum absolute atomic E-state index is 13.0. The number of hydrogen-bond acceptors (Lipinski definition) is 3. The molecule has 4 heteroatoms. The lowest BCUT2D eigenvalue weighted by Crippen LogP contribution is -2.01. The van der Waals surface area contributed by atoms with Gasteiger partial charge in [0.05, 0.1) is 0 Å². The van der Waals surface area contributed by atoms with Crippen LogP contribution in [0.15, 0.2) is 59.5 Å². The molecule has 0 spiro atoms. The molecule has 0 saturated carbocycles. The molecule has 3 rings (SSSR count). The average molecular weight is 310 g/mol. The maximum Gasteiger partial charge on any atom is 0.228 e. The fraction of sp³-hybridized carbons (Fsp3) is 0.105. The summed E-state index contributed by atoms with van der Waals surface area (Å²) in [6.07, 6.45) is 1.66. The van der Waals surface area contributed by atoms with E-state index in [1.165, 1.54) is 24.3 Å². The highest BCUT2D eigenvalue weighted by Crippen LogP contribution is 2.30.